The number of hydrogen-bond donors (Lipinski definition) is 2. The van der Waals surface area contributed by atoms with Gasteiger partial charge in [0, 0.05) is 19.3 Å². The van der Waals surface area contributed by atoms with E-state index in [2.05, 4.69) is 22.2 Å². The highest BCUT2D eigenvalue weighted by atomic mass is 16.5. The van der Waals surface area contributed by atoms with Gasteiger partial charge in [0.25, 0.3) is 11.8 Å². The molecular formula is C21H22N4O3. The van der Waals surface area contributed by atoms with Crippen LogP contribution in [0.3, 0.4) is 0 Å². The summed E-state index contributed by atoms with van der Waals surface area (Å²) in [6, 6.07) is 13.0. The van der Waals surface area contributed by atoms with Gasteiger partial charge in [-0.05, 0) is 36.2 Å². The first-order chi connectivity index (χ1) is 13.6. The predicted molar refractivity (Wildman–Crippen MR) is 107 cm³/mol. The fraction of sp³-hybridized carbons (Fsp3) is 0.190. The Balaban J connectivity index is 1.74. The third kappa shape index (κ3) is 4.20. The molecule has 3 aromatic rings. The van der Waals surface area contributed by atoms with Crippen molar-refractivity contribution in [1.82, 2.24) is 20.0 Å². The summed E-state index contributed by atoms with van der Waals surface area (Å²) in [5.74, 6) is 0.250. The van der Waals surface area contributed by atoms with Crippen LogP contribution in [0.5, 0.6) is 5.75 Å². The van der Waals surface area contributed by atoms with Crippen molar-refractivity contribution in [2.24, 2.45) is 0 Å². The minimum atomic E-state index is -0.364. The largest absolute Gasteiger partial charge is 0.497 e. The lowest BCUT2D eigenvalue weighted by Gasteiger charge is -2.06. The zero-order valence-electron chi connectivity index (χ0n) is 15.6. The van der Waals surface area contributed by atoms with Crippen LogP contribution in [0.25, 0.3) is 5.52 Å². The van der Waals surface area contributed by atoms with Gasteiger partial charge in [0.2, 0.25) is 5.82 Å². The summed E-state index contributed by atoms with van der Waals surface area (Å²) >= 11 is 0. The number of nitrogens with one attached hydrogen (secondary N) is 2. The predicted octanol–water partition coefficient (Wildman–Crippen LogP) is 2.23. The third-order valence-corrected chi connectivity index (χ3v) is 4.21. The molecule has 0 aliphatic heterocycles. The van der Waals surface area contributed by atoms with Crippen LogP contribution in [-0.4, -0.2) is 41.4 Å². The van der Waals surface area contributed by atoms with Gasteiger partial charge in [-0.25, -0.2) is 4.98 Å². The number of amides is 2. The van der Waals surface area contributed by atoms with Crippen LogP contribution >= 0.6 is 0 Å². The molecule has 0 saturated carbocycles. The van der Waals surface area contributed by atoms with E-state index in [0.29, 0.717) is 25.0 Å². The molecule has 0 aliphatic carbocycles. The van der Waals surface area contributed by atoms with Crippen LogP contribution in [0.4, 0.5) is 0 Å². The van der Waals surface area contributed by atoms with E-state index in [-0.39, 0.29) is 23.3 Å². The topological polar surface area (TPSA) is 84.7 Å². The molecule has 0 spiro atoms. The van der Waals surface area contributed by atoms with Crippen molar-refractivity contribution in [2.45, 2.75) is 6.42 Å². The molecule has 2 aromatic heterocycles. The van der Waals surface area contributed by atoms with Gasteiger partial charge in [0.1, 0.15) is 5.75 Å². The van der Waals surface area contributed by atoms with Gasteiger partial charge in [-0.1, -0.05) is 24.3 Å². The first kappa shape index (κ1) is 19.2. The number of methoxy groups -OCH3 is 1. The summed E-state index contributed by atoms with van der Waals surface area (Å²) in [5.41, 5.74) is 1.85. The quantitative estimate of drug-likeness (QED) is 0.589. The Labute approximate surface area is 163 Å². The number of pyridine rings is 1. The van der Waals surface area contributed by atoms with Crippen LogP contribution in [0.2, 0.25) is 0 Å². The van der Waals surface area contributed by atoms with Gasteiger partial charge in [-0.3, -0.25) is 14.0 Å². The first-order valence-corrected chi connectivity index (χ1v) is 8.91. The average Bonchev–Trinajstić information content (AvgIpc) is 3.12. The minimum Gasteiger partial charge on any atom is -0.497 e. The molecule has 2 amide bonds. The van der Waals surface area contributed by atoms with E-state index >= 15 is 0 Å². The number of hydrogen-bond acceptors (Lipinski definition) is 4. The molecule has 28 heavy (non-hydrogen) atoms. The van der Waals surface area contributed by atoms with Gasteiger partial charge < -0.3 is 15.4 Å². The Kier molecular flexibility index (Phi) is 6.06. The molecule has 0 atom stereocenters. The maximum Gasteiger partial charge on any atom is 0.287 e. The second kappa shape index (κ2) is 8.85. The van der Waals surface area contributed by atoms with Crippen LogP contribution in [-0.2, 0) is 6.42 Å². The van der Waals surface area contributed by atoms with E-state index in [1.54, 1.807) is 42.0 Å². The molecule has 0 fully saturated rings. The average molecular weight is 378 g/mol. The second-order valence-corrected chi connectivity index (χ2v) is 6.10. The standard InChI is InChI=1S/C21H22N4O3/c1-3-11-22-21(27)19-24-18(17-9-4-5-13-25(17)19)20(26)23-12-10-15-7-6-8-16(14-15)28-2/h3-9,13-14H,1,10-12H2,2H3,(H,22,27)(H,23,26). The Morgan fingerprint density at radius 2 is 2.04 bits per heavy atom. The number of aromatic nitrogens is 2. The van der Waals surface area contributed by atoms with Gasteiger partial charge in [-0.15, -0.1) is 6.58 Å². The fourth-order valence-electron chi connectivity index (χ4n) is 2.84. The highest BCUT2D eigenvalue weighted by Gasteiger charge is 2.20. The molecule has 144 valence electrons. The van der Waals surface area contributed by atoms with E-state index in [1.165, 1.54) is 0 Å². The van der Waals surface area contributed by atoms with Gasteiger partial charge >= 0.3 is 0 Å². The van der Waals surface area contributed by atoms with Gasteiger partial charge in [0.15, 0.2) is 5.69 Å². The second-order valence-electron chi connectivity index (χ2n) is 6.10. The lowest BCUT2D eigenvalue weighted by Crippen LogP contribution is -2.27. The SMILES string of the molecule is C=CCNC(=O)c1nc(C(=O)NCCc2cccc(OC)c2)c2ccccn12. The molecule has 2 heterocycles. The van der Waals surface area contributed by atoms with E-state index in [4.69, 9.17) is 4.74 Å². The van der Waals surface area contributed by atoms with Crippen molar-refractivity contribution in [2.75, 3.05) is 20.2 Å². The summed E-state index contributed by atoms with van der Waals surface area (Å²) in [5, 5.41) is 5.55. The lowest BCUT2D eigenvalue weighted by atomic mass is 10.1. The molecule has 7 heteroatoms. The van der Waals surface area contributed by atoms with Crippen molar-refractivity contribution < 1.29 is 14.3 Å². The molecule has 0 radical (unpaired) electrons. The number of carbonyl (C=O) groups is 2. The summed E-state index contributed by atoms with van der Waals surface area (Å²) in [4.78, 5) is 29.3. The molecule has 0 unspecified atom stereocenters. The third-order valence-electron chi connectivity index (χ3n) is 4.21. The van der Waals surface area contributed by atoms with Crippen LogP contribution in [0, 0.1) is 0 Å². The minimum absolute atomic E-state index is 0.162. The van der Waals surface area contributed by atoms with Crippen LogP contribution < -0.4 is 15.4 Å². The molecule has 1 aromatic carbocycles. The number of ether oxygens (including phenoxy) is 1. The molecular weight excluding hydrogens is 356 g/mol. The lowest BCUT2D eigenvalue weighted by molar-refractivity contribution is 0.0947. The Bertz CT molecular complexity index is 1010. The molecule has 3 rings (SSSR count). The van der Waals surface area contributed by atoms with Gasteiger partial charge in [0.05, 0.1) is 12.6 Å². The summed E-state index contributed by atoms with van der Waals surface area (Å²) in [6.45, 7) is 4.34. The van der Waals surface area contributed by atoms with E-state index < -0.39 is 0 Å². The zero-order valence-corrected chi connectivity index (χ0v) is 15.6. The summed E-state index contributed by atoms with van der Waals surface area (Å²) < 4.78 is 6.82. The van der Waals surface area contributed by atoms with E-state index in [1.807, 2.05) is 24.3 Å². The zero-order chi connectivity index (χ0) is 19.9. The summed E-state index contributed by atoms with van der Waals surface area (Å²) in [6.07, 6.45) is 3.94. The monoisotopic (exact) mass is 378 g/mol. The number of fused-ring (bicyclic) bond motifs is 1. The normalized spacial score (nSPS) is 10.5. The van der Waals surface area contributed by atoms with Crippen LogP contribution in [0.15, 0.2) is 61.3 Å². The Hall–Kier alpha value is -3.61. The van der Waals surface area contributed by atoms with E-state index in [9.17, 15) is 9.59 Å². The number of imidazole rings is 1. The molecule has 0 aliphatic rings. The fourth-order valence-corrected chi connectivity index (χ4v) is 2.84. The van der Waals surface area contributed by atoms with Crippen molar-refractivity contribution in [3.63, 3.8) is 0 Å². The first-order valence-electron chi connectivity index (χ1n) is 8.91. The molecule has 0 bridgehead atoms. The van der Waals surface area contributed by atoms with Crippen LogP contribution in [0.1, 0.15) is 26.7 Å². The maximum absolute atomic E-state index is 12.7. The molecule has 0 saturated heterocycles. The Morgan fingerprint density at radius 1 is 1.18 bits per heavy atom. The Morgan fingerprint density at radius 3 is 2.82 bits per heavy atom. The molecule has 2 N–H and O–H groups in total. The van der Waals surface area contributed by atoms with Crippen molar-refractivity contribution in [1.29, 1.82) is 0 Å². The smallest absolute Gasteiger partial charge is 0.287 e. The number of rotatable bonds is 8. The summed E-state index contributed by atoms with van der Waals surface area (Å²) in [7, 11) is 1.62. The van der Waals surface area contributed by atoms with Crippen molar-refractivity contribution >= 4 is 17.3 Å². The van der Waals surface area contributed by atoms with Crippen molar-refractivity contribution in [3.8, 4) is 5.75 Å². The number of carbonyl (C=O) groups excluding carboxylic acids is 2. The van der Waals surface area contributed by atoms with Crippen molar-refractivity contribution in [3.05, 3.63) is 78.4 Å². The number of benzene rings is 1. The van der Waals surface area contributed by atoms with E-state index in [0.717, 1.165) is 11.3 Å². The molecule has 7 nitrogen and oxygen atoms in total. The van der Waals surface area contributed by atoms with Gasteiger partial charge in [-0.2, -0.15) is 0 Å². The maximum atomic E-state index is 12.7. The number of nitrogens with zero attached hydrogens (tertiary/aromatic N) is 2. The highest BCUT2D eigenvalue weighted by molar-refractivity contribution is 6.02. The highest BCUT2D eigenvalue weighted by Crippen LogP contribution is 2.14.